The summed E-state index contributed by atoms with van der Waals surface area (Å²) in [5.74, 6) is 2.12. The minimum absolute atomic E-state index is 0.0320. The molecule has 0 radical (unpaired) electrons. The second kappa shape index (κ2) is 11.2. The van der Waals surface area contributed by atoms with Gasteiger partial charge in [-0.25, -0.2) is 15.0 Å². The molecule has 226 valence electrons. The first-order chi connectivity index (χ1) is 19.9. The van der Waals surface area contributed by atoms with Crippen LogP contribution in [-0.4, -0.2) is 70.5 Å². The van der Waals surface area contributed by atoms with Crippen LogP contribution in [0.4, 0.5) is 5.82 Å². The fourth-order valence-electron chi connectivity index (χ4n) is 7.12. The summed E-state index contributed by atoms with van der Waals surface area (Å²) in [6, 6.07) is 7.15. The fraction of sp³-hybridized carbons (Fsp3) is 0.594. The summed E-state index contributed by atoms with van der Waals surface area (Å²) in [6.45, 7) is 11.9. The molecule has 0 aliphatic heterocycles. The number of rotatable bonds is 8. The van der Waals surface area contributed by atoms with Crippen molar-refractivity contribution < 1.29 is 10.2 Å². The molecule has 4 aromatic rings. The summed E-state index contributed by atoms with van der Waals surface area (Å²) in [4.78, 5) is 19.5. The number of nitrogen functional groups attached to an aromatic ring is 1. The molecule has 3 heterocycles. The van der Waals surface area contributed by atoms with Crippen molar-refractivity contribution in [3.8, 4) is 0 Å². The van der Waals surface area contributed by atoms with Crippen LogP contribution in [0.1, 0.15) is 77.7 Å². The van der Waals surface area contributed by atoms with E-state index in [0.717, 1.165) is 58.9 Å². The van der Waals surface area contributed by atoms with Crippen molar-refractivity contribution >= 4 is 43.8 Å². The molecule has 10 heteroatoms. The van der Waals surface area contributed by atoms with Crippen LogP contribution < -0.4 is 5.73 Å². The first-order valence-electron chi connectivity index (χ1n) is 15.3. The maximum atomic E-state index is 11.1. The second-order valence-corrected chi connectivity index (χ2v) is 14.7. The van der Waals surface area contributed by atoms with E-state index in [4.69, 9.17) is 10.7 Å². The number of nitrogens with zero attached hydrogens (tertiary/aromatic N) is 5. The summed E-state index contributed by atoms with van der Waals surface area (Å²) < 4.78 is 2.74. The van der Waals surface area contributed by atoms with Gasteiger partial charge >= 0.3 is 0 Å². The molecule has 9 nitrogen and oxygen atoms in total. The van der Waals surface area contributed by atoms with E-state index in [9.17, 15) is 10.2 Å². The normalized spacial score (nSPS) is 26.6. The van der Waals surface area contributed by atoms with Crippen LogP contribution in [0.3, 0.4) is 0 Å². The first kappa shape index (κ1) is 29.5. The van der Waals surface area contributed by atoms with E-state index in [-0.39, 0.29) is 17.4 Å². The van der Waals surface area contributed by atoms with E-state index in [1.54, 1.807) is 0 Å². The minimum atomic E-state index is -0.875. The van der Waals surface area contributed by atoms with Crippen LogP contribution >= 0.6 is 15.9 Å². The van der Waals surface area contributed by atoms with Crippen molar-refractivity contribution in [1.82, 2.24) is 29.4 Å². The van der Waals surface area contributed by atoms with E-state index < -0.39 is 12.2 Å². The number of benzene rings is 1. The number of H-pyrrole nitrogens is 1. The maximum absolute atomic E-state index is 11.1. The lowest BCUT2D eigenvalue weighted by molar-refractivity contribution is -0.0180. The largest absolute Gasteiger partial charge is 0.390 e. The van der Waals surface area contributed by atoms with Gasteiger partial charge in [0.1, 0.15) is 29.7 Å². The Morgan fingerprint density at radius 1 is 1.14 bits per heavy atom. The van der Waals surface area contributed by atoms with Crippen LogP contribution in [0.15, 0.2) is 35.2 Å². The standard InChI is InChI=1S/C32H44BrN7O2/c1-17(2)39(14-19-12-25(29(42)28(19)41)40-15-22(33)27-30(34)35-16-36-31(27)40)21-10-18(11-21)6-9-26-37-23-8-7-20(32(3,4)5)13-24(23)38-26/h7-8,13,15-19,21,25,28-29,41-42H,6,9-12,14H2,1-5H3,(H,37,38)(H2,34,35,36)/t18?,19-,21?,25-,28-,29+/m1/s1. The summed E-state index contributed by atoms with van der Waals surface area (Å²) in [7, 11) is 0. The third-order valence-electron chi connectivity index (χ3n) is 9.70. The van der Waals surface area contributed by atoms with E-state index >= 15 is 0 Å². The molecule has 0 saturated heterocycles. The predicted molar refractivity (Wildman–Crippen MR) is 170 cm³/mol. The van der Waals surface area contributed by atoms with Gasteiger partial charge in [-0.15, -0.1) is 0 Å². The summed E-state index contributed by atoms with van der Waals surface area (Å²) in [5, 5.41) is 23.0. The van der Waals surface area contributed by atoms with Crippen molar-refractivity contribution in [2.45, 2.75) is 102 Å². The topological polar surface area (TPSA) is 129 Å². The lowest BCUT2D eigenvalue weighted by Gasteiger charge is -2.46. The number of aromatic amines is 1. The fourth-order valence-corrected chi connectivity index (χ4v) is 7.72. The van der Waals surface area contributed by atoms with Crippen molar-refractivity contribution in [2.75, 3.05) is 12.3 Å². The third-order valence-corrected chi connectivity index (χ3v) is 10.3. The van der Waals surface area contributed by atoms with Crippen molar-refractivity contribution in [2.24, 2.45) is 11.8 Å². The van der Waals surface area contributed by atoms with E-state index in [1.807, 2.05) is 10.8 Å². The quantitative estimate of drug-likeness (QED) is 0.205. The van der Waals surface area contributed by atoms with E-state index in [2.05, 4.69) is 88.6 Å². The third kappa shape index (κ3) is 5.47. The zero-order valence-corrected chi connectivity index (χ0v) is 26.8. The van der Waals surface area contributed by atoms with Gasteiger partial charge in [-0.2, -0.15) is 0 Å². The van der Waals surface area contributed by atoms with Gasteiger partial charge in [0.15, 0.2) is 0 Å². The van der Waals surface area contributed by atoms with Crippen molar-refractivity contribution in [1.29, 1.82) is 0 Å². The number of aromatic nitrogens is 5. The first-order valence-corrected chi connectivity index (χ1v) is 16.1. The molecule has 0 amide bonds. The Kier molecular flexibility index (Phi) is 7.87. The highest BCUT2D eigenvalue weighted by atomic mass is 79.9. The molecule has 0 unspecified atom stereocenters. The molecule has 1 aromatic carbocycles. The van der Waals surface area contributed by atoms with Crippen LogP contribution in [-0.2, 0) is 11.8 Å². The highest BCUT2D eigenvalue weighted by Gasteiger charge is 2.45. The Morgan fingerprint density at radius 3 is 2.62 bits per heavy atom. The summed E-state index contributed by atoms with van der Waals surface area (Å²) in [6.07, 6.45) is 6.75. The van der Waals surface area contributed by atoms with Gasteiger partial charge in [0.2, 0.25) is 0 Å². The summed E-state index contributed by atoms with van der Waals surface area (Å²) >= 11 is 3.57. The highest BCUT2D eigenvalue weighted by Crippen LogP contribution is 2.42. The second-order valence-electron chi connectivity index (χ2n) is 13.9. The molecular weight excluding hydrogens is 594 g/mol. The molecule has 2 saturated carbocycles. The Labute approximate surface area is 256 Å². The predicted octanol–water partition coefficient (Wildman–Crippen LogP) is 5.35. The van der Waals surface area contributed by atoms with Gasteiger partial charge in [-0.3, -0.25) is 4.90 Å². The van der Waals surface area contributed by atoms with Gasteiger partial charge in [0.25, 0.3) is 0 Å². The van der Waals surface area contributed by atoms with Gasteiger partial charge in [-0.1, -0.05) is 26.8 Å². The number of aliphatic hydroxyl groups excluding tert-OH is 2. The van der Waals surface area contributed by atoms with Crippen LogP contribution in [0, 0.1) is 11.8 Å². The molecule has 6 rings (SSSR count). The average Bonchev–Trinajstić information content (AvgIpc) is 3.55. The van der Waals surface area contributed by atoms with Gasteiger partial charge in [-0.05, 0) is 84.5 Å². The number of hydrogen-bond acceptors (Lipinski definition) is 7. The Morgan fingerprint density at radius 2 is 1.90 bits per heavy atom. The highest BCUT2D eigenvalue weighted by molar-refractivity contribution is 9.10. The van der Waals surface area contributed by atoms with E-state index in [0.29, 0.717) is 35.9 Å². The van der Waals surface area contributed by atoms with Crippen LogP contribution in [0.5, 0.6) is 0 Å². The van der Waals surface area contributed by atoms with E-state index in [1.165, 1.54) is 11.9 Å². The number of hydrogen-bond donors (Lipinski definition) is 4. The molecule has 2 aliphatic rings. The number of halogens is 1. The Balaban J connectivity index is 1.07. The zero-order valence-electron chi connectivity index (χ0n) is 25.3. The van der Waals surface area contributed by atoms with Gasteiger partial charge < -0.3 is 25.5 Å². The number of nitrogens with two attached hydrogens (primary N) is 1. The Hall–Kier alpha value is -2.53. The average molecular weight is 639 g/mol. The molecule has 42 heavy (non-hydrogen) atoms. The molecular formula is C32H44BrN7O2. The molecule has 2 fully saturated rings. The van der Waals surface area contributed by atoms with Crippen molar-refractivity contribution in [3.05, 3.63) is 46.6 Å². The lowest BCUT2D eigenvalue weighted by atomic mass is 9.76. The molecule has 4 atom stereocenters. The summed E-state index contributed by atoms with van der Waals surface area (Å²) in [5.41, 5.74) is 10.4. The SMILES string of the molecule is CC(C)N(C[C@H]1C[C@@H](n2cc(Br)c3c(N)ncnc32)[C@H](O)[C@@H]1O)C1CC(CCc2nc3ccc(C(C)(C)C)cc3[nH]2)C1. The lowest BCUT2D eigenvalue weighted by Crippen LogP contribution is -2.51. The Bertz CT molecular complexity index is 1570. The van der Waals surface area contributed by atoms with Crippen LogP contribution in [0.25, 0.3) is 22.1 Å². The zero-order chi connectivity index (χ0) is 29.9. The molecule has 0 bridgehead atoms. The van der Waals surface area contributed by atoms with Gasteiger partial charge in [0.05, 0.1) is 28.6 Å². The monoisotopic (exact) mass is 637 g/mol. The molecule has 5 N–H and O–H groups in total. The van der Waals surface area contributed by atoms with Crippen molar-refractivity contribution in [3.63, 3.8) is 0 Å². The number of fused-ring (bicyclic) bond motifs is 2. The smallest absolute Gasteiger partial charge is 0.146 e. The number of aryl methyl sites for hydroxylation is 1. The maximum Gasteiger partial charge on any atom is 0.146 e. The molecule has 2 aliphatic carbocycles. The number of aliphatic hydroxyl groups is 2. The number of imidazole rings is 1. The molecule has 3 aromatic heterocycles. The number of anilines is 1. The molecule has 0 spiro atoms. The van der Waals surface area contributed by atoms with Gasteiger partial charge in [0, 0.05) is 41.6 Å². The minimum Gasteiger partial charge on any atom is -0.390 e. The van der Waals surface area contributed by atoms with Crippen LogP contribution in [0.2, 0.25) is 0 Å². The number of nitrogens with one attached hydrogen (secondary N) is 1.